The molecule has 0 radical (unpaired) electrons. The number of piperidine rings is 1. The Balaban J connectivity index is 1.83. The molecule has 2 fully saturated rings. The van der Waals surface area contributed by atoms with E-state index < -0.39 is 0 Å². The van der Waals surface area contributed by atoms with Crippen LogP contribution in [0.3, 0.4) is 0 Å². The van der Waals surface area contributed by atoms with Gasteiger partial charge in [0.25, 0.3) is 0 Å². The average Bonchev–Trinajstić information content (AvgIpc) is 2.72. The van der Waals surface area contributed by atoms with E-state index in [1.807, 2.05) is 0 Å². The molecule has 2 saturated heterocycles. The van der Waals surface area contributed by atoms with Gasteiger partial charge in [-0.05, 0) is 26.3 Å². The number of anilines is 1. The van der Waals surface area contributed by atoms with Crippen LogP contribution in [0, 0.1) is 6.92 Å². The van der Waals surface area contributed by atoms with Crippen molar-refractivity contribution in [3.05, 3.63) is 11.3 Å². The fourth-order valence-electron chi connectivity index (χ4n) is 3.59. The molecule has 0 bridgehead atoms. The van der Waals surface area contributed by atoms with E-state index in [9.17, 15) is 0 Å². The van der Waals surface area contributed by atoms with E-state index in [4.69, 9.17) is 0 Å². The smallest absolute Gasteiger partial charge is 0.130 e. The quantitative estimate of drug-likeness (QED) is 0.779. The predicted molar refractivity (Wildman–Crippen MR) is 82.0 cm³/mol. The van der Waals surface area contributed by atoms with Gasteiger partial charge in [0.1, 0.15) is 5.82 Å². The minimum absolute atomic E-state index is 0.751. The molecule has 0 saturated carbocycles. The lowest BCUT2D eigenvalue weighted by Crippen LogP contribution is -2.55. The second-order valence-electron chi connectivity index (χ2n) is 5.78. The minimum Gasteiger partial charge on any atom is -0.354 e. The number of nitrogens with zero attached hydrogens (tertiary/aromatic N) is 4. The monoisotopic (exact) mass is 326 g/mol. The van der Waals surface area contributed by atoms with Gasteiger partial charge in [-0.15, -0.1) is 0 Å². The lowest BCUT2D eigenvalue weighted by atomic mass is 9.99. The van der Waals surface area contributed by atoms with Gasteiger partial charge in [-0.25, -0.2) is 0 Å². The molecule has 2 aliphatic rings. The SMILES string of the molecule is Cc1nn(C)c(N2CCN3CCCCC3C2)c1CBr. The van der Waals surface area contributed by atoms with E-state index in [-0.39, 0.29) is 0 Å². The first-order valence-corrected chi connectivity index (χ1v) is 8.40. The summed E-state index contributed by atoms with van der Waals surface area (Å²) in [6.45, 7) is 6.91. The van der Waals surface area contributed by atoms with E-state index in [0.29, 0.717) is 0 Å². The molecular weight excluding hydrogens is 304 g/mol. The first-order chi connectivity index (χ1) is 9.20. The lowest BCUT2D eigenvalue weighted by molar-refractivity contribution is 0.133. The molecule has 2 aliphatic heterocycles. The van der Waals surface area contributed by atoms with Crippen LogP contribution in [-0.2, 0) is 12.4 Å². The first kappa shape index (κ1) is 13.4. The highest BCUT2D eigenvalue weighted by Crippen LogP contribution is 2.29. The zero-order chi connectivity index (χ0) is 13.4. The highest BCUT2D eigenvalue weighted by atomic mass is 79.9. The van der Waals surface area contributed by atoms with Gasteiger partial charge in [0.2, 0.25) is 0 Å². The molecule has 1 atom stereocenters. The van der Waals surface area contributed by atoms with Crippen LogP contribution >= 0.6 is 15.9 Å². The molecule has 1 unspecified atom stereocenters. The van der Waals surface area contributed by atoms with Crippen molar-refractivity contribution < 1.29 is 0 Å². The van der Waals surface area contributed by atoms with Crippen LogP contribution in [0.5, 0.6) is 0 Å². The number of aryl methyl sites for hydroxylation is 2. The summed E-state index contributed by atoms with van der Waals surface area (Å²) in [5.74, 6) is 1.32. The van der Waals surface area contributed by atoms with Gasteiger partial charge in [0.15, 0.2) is 0 Å². The normalized spacial score (nSPS) is 24.6. The van der Waals surface area contributed by atoms with Gasteiger partial charge in [0.05, 0.1) is 5.69 Å². The molecule has 1 aromatic heterocycles. The van der Waals surface area contributed by atoms with Gasteiger partial charge in [-0.3, -0.25) is 9.58 Å². The number of piperazine rings is 1. The topological polar surface area (TPSA) is 24.3 Å². The number of alkyl halides is 1. The second kappa shape index (κ2) is 5.44. The summed E-state index contributed by atoms with van der Waals surface area (Å²) in [4.78, 5) is 5.22. The Morgan fingerprint density at radius 3 is 2.89 bits per heavy atom. The predicted octanol–water partition coefficient (Wildman–Crippen LogP) is 2.30. The van der Waals surface area contributed by atoms with Crippen molar-refractivity contribution in [2.24, 2.45) is 7.05 Å². The number of halogens is 1. The molecule has 0 amide bonds. The Morgan fingerprint density at radius 2 is 2.11 bits per heavy atom. The molecule has 3 heterocycles. The van der Waals surface area contributed by atoms with Gasteiger partial charge >= 0.3 is 0 Å². The Labute approximate surface area is 123 Å². The molecule has 1 aromatic rings. The standard InChI is InChI=1S/C14H23BrN4/c1-11-13(9-15)14(17(2)16-11)19-8-7-18-6-4-3-5-12(18)10-19/h12H,3-10H2,1-2H3. The zero-order valence-corrected chi connectivity index (χ0v) is 13.5. The maximum Gasteiger partial charge on any atom is 0.130 e. The van der Waals surface area contributed by atoms with Gasteiger partial charge < -0.3 is 4.90 Å². The first-order valence-electron chi connectivity index (χ1n) is 7.28. The third kappa shape index (κ3) is 2.42. The Bertz CT molecular complexity index is 457. The average molecular weight is 327 g/mol. The van der Waals surface area contributed by atoms with E-state index in [1.54, 1.807) is 0 Å². The lowest BCUT2D eigenvalue weighted by Gasteiger charge is -2.44. The summed E-state index contributed by atoms with van der Waals surface area (Å²) in [7, 11) is 2.07. The molecule has 0 aromatic carbocycles. The number of fused-ring (bicyclic) bond motifs is 1. The van der Waals surface area contributed by atoms with Crippen molar-refractivity contribution in [2.45, 2.75) is 37.6 Å². The van der Waals surface area contributed by atoms with Crippen molar-refractivity contribution in [1.29, 1.82) is 0 Å². The van der Waals surface area contributed by atoms with Gasteiger partial charge in [-0.2, -0.15) is 5.10 Å². The van der Waals surface area contributed by atoms with Gasteiger partial charge in [0, 0.05) is 43.6 Å². The summed E-state index contributed by atoms with van der Waals surface area (Å²) in [6, 6.07) is 0.751. The molecule has 0 N–H and O–H groups in total. The fourth-order valence-corrected chi connectivity index (χ4v) is 4.25. The number of hydrogen-bond donors (Lipinski definition) is 0. The van der Waals surface area contributed by atoms with Crippen LogP contribution in [0.25, 0.3) is 0 Å². The van der Waals surface area contributed by atoms with Crippen molar-refractivity contribution >= 4 is 21.7 Å². The third-order valence-corrected chi connectivity index (χ3v) is 5.14. The Morgan fingerprint density at radius 1 is 1.26 bits per heavy atom. The second-order valence-corrected chi connectivity index (χ2v) is 6.34. The van der Waals surface area contributed by atoms with Crippen molar-refractivity contribution in [1.82, 2.24) is 14.7 Å². The molecule has 0 aliphatic carbocycles. The van der Waals surface area contributed by atoms with Crippen molar-refractivity contribution in [3.8, 4) is 0 Å². The third-order valence-electron chi connectivity index (χ3n) is 4.58. The van der Waals surface area contributed by atoms with Crippen LogP contribution < -0.4 is 4.90 Å². The molecule has 4 nitrogen and oxygen atoms in total. The largest absolute Gasteiger partial charge is 0.354 e. The molecule has 19 heavy (non-hydrogen) atoms. The van der Waals surface area contributed by atoms with E-state index in [2.05, 4.69) is 49.5 Å². The van der Waals surface area contributed by atoms with Crippen LogP contribution in [-0.4, -0.2) is 46.9 Å². The number of hydrogen-bond acceptors (Lipinski definition) is 3. The minimum atomic E-state index is 0.751. The molecule has 5 heteroatoms. The van der Waals surface area contributed by atoms with E-state index >= 15 is 0 Å². The summed E-state index contributed by atoms with van der Waals surface area (Å²) >= 11 is 3.62. The Hall–Kier alpha value is -0.550. The van der Waals surface area contributed by atoms with Crippen LogP contribution in [0.2, 0.25) is 0 Å². The molecule has 106 valence electrons. The Kier molecular flexibility index (Phi) is 3.85. The zero-order valence-electron chi connectivity index (χ0n) is 11.9. The van der Waals surface area contributed by atoms with E-state index in [1.165, 1.54) is 50.3 Å². The summed E-state index contributed by atoms with van der Waals surface area (Å²) in [5, 5.41) is 5.49. The maximum absolute atomic E-state index is 4.59. The maximum atomic E-state index is 4.59. The van der Waals surface area contributed by atoms with Crippen LogP contribution in [0.15, 0.2) is 0 Å². The van der Waals surface area contributed by atoms with Crippen molar-refractivity contribution in [3.63, 3.8) is 0 Å². The molecule has 3 rings (SSSR count). The highest BCUT2D eigenvalue weighted by Gasteiger charge is 2.31. The fraction of sp³-hybridized carbons (Fsp3) is 0.786. The molecule has 0 spiro atoms. The van der Waals surface area contributed by atoms with E-state index in [0.717, 1.165) is 23.6 Å². The number of rotatable bonds is 2. The summed E-state index contributed by atoms with van der Waals surface area (Å²) in [5.41, 5.74) is 2.51. The van der Waals surface area contributed by atoms with Crippen LogP contribution in [0.4, 0.5) is 5.82 Å². The van der Waals surface area contributed by atoms with Gasteiger partial charge in [-0.1, -0.05) is 22.4 Å². The summed E-state index contributed by atoms with van der Waals surface area (Å²) < 4.78 is 2.06. The highest BCUT2D eigenvalue weighted by molar-refractivity contribution is 9.08. The number of aromatic nitrogens is 2. The van der Waals surface area contributed by atoms with Crippen LogP contribution in [0.1, 0.15) is 30.5 Å². The van der Waals surface area contributed by atoms with Crippen molar-refractivity contribution in [2.75, 3.05) is 31.1 Å². The summed E-state index contributed by atoms with van der Waals surface area (Å²) in [6.07, 6.45) is 4.13. The molecular formula is C14H23BrN4.